The monoisotopic (exact) mass is 422 g/mol. The summed E-state index contributed by atoms with van der Waals surface area (Å²) >= 11 is 14.7. The number of benzene rings is 1. The van der Waals surface area contributed by atoms with E-state index in [4.69, 9.17) is 23.2 Å². The molecule has 0 N–H and O–H groups in total. The maximum Gasteiger partial charge on any atom is 0.245 e. The summed E-state index contributed by atoms with van der Waals surface area (Å²) in [7, 11) is -3.60. The van der Waals surface area contributed by atoms with Crippen molar-refractivity contribution in [1.82, 2.24) is 4.31 Å². The second kappa shape index (κ2) is 7.43. The third-order valence-electron chi connectivity index (χ3n) is 3.91. The van der Waals surface area contributed by atoms with E-state index in [1.54, 1.807) is 11.8 Å². The molecule has 130 valence electrons. The van der Waals surface area contributed by atoms with Gasteiger partial charge in [-0.15, -0.1) is 23.1 Å². The predicted molar refractivity (Wildman–Crippen MR) is 104 cm³/mol. The number of sulfonamides is 1. The quantitative estimate of drug-likeness (QED) is 0.688. The molecule has 1 aromatic carbocycles. The summed E-state index contributed by atoms with van der Waals surface area (Å²) < 4.78 is 27.6. The minimum atomic E-state index is -3.60. The molecule has 0 atom stereocenters. The van der Waals surface area contributed by atoms with Crippen LogP contribution in [0.2, 0.25) is 8.67 Å². The molecule has 0 saturated carbocycles. The Morgan fingerprint density at radius 1 is 1.12 bits per heavy atom. The fraction of sp³-hybridized carbons (Fsp3) is 0.333. The SMILES string of the molecule is CSc1ccccc1N1CCN(S(=O)(=O)c2cc(Cl)sc2Cl)CC1. The summed E-state index contributed by atoms with van der Waals surface area (Å²) in [4.78, 5) is 3.53. The first-order valence-electron chi connectivity index (χ1n) is 7.26. The average molecular weight is 423 g/mol. The van der Waals surface area contributed by atoms with Crippen LogP contribution in [0.5, 0.6) is 0 Å². The van der Waals surface area contributed by atoms with Crippen molar-refractivity contribution in [1.29, 1.82) is 0 Å². The van der Waals surface area contributed by atoms with Crippen molar-refractivity contribution in [2.45, 2.75) is 9.79 Å². The van der Waals surface area contributed by atoms with Gasteiger partial charge in [-0.3, -0.25) is 0 Å². The number of hydrogen-bond donors (Lipinski definition) is 0. The van der Waals surface area contributed by atoms with Crippen molar-refractivity contribution in [2.75, 3.05) is 37.3 Å². The van der Waals surface area contributed by atoms with E-state index in [0.717, 1.165) is 17.0 Å². The minimum absolute atomic E-state index is 0.108. The molecule has 1 fully saturated rings. The Labute approximate surface area is 160 Å². The van der Waals surface area contributed by atoms with Crippen LogP contribution in [0.1, 0.15) is 0 Å². The summed E-state index contributed by atoms with van der Waals surface area (Å²) in [5.74, 6) is 0. The lowest BCUT2D eigenvalue weighted by atomic mass is 10.2. The molecule has 4 nitrogen and oxygen atoms in total. The number of thiophene rings is 1. The van der Waals surface area contributed by atoms with Crippen LogP contribution in [0.15, 0.2) is 40.1 Å². The van der Waals surface area contributed by atoms with Crippen molar-refractivity contribution >= 4 is 62.0 Å². The van der Waals surface area contributed by atoms with E-state index in [9.17, 15) is 8.42 Å². The van der Waals surface area contributed by atoms with Gasteiger partial charge in [0.1, 0.15) is 9.23 Å². The highest BCUT2D eigenvalue weighted by atomic mass is 35.5. The first-order chi connectivity index (χ1) is 11.4. The van der Waals surface area contributed by atoms with Gasteiger partial charge < -0.3 is 4.90 Å². The molecule has 1 saturated heterocycles. The van der Waals surface area contributed by atoms with Gasteiger partial charge in [0.05, 0.1) is 10.0 Å². The number of halogens is 2. The molecule has 0 bridgehead atoms. The van der Waals surface area contributed by atoms with Gasteiger partial charge in [-0.25, -0.2) is 8.42 Å². The van der Waals surface area contributed by atoms with Crippen LogP contribution in [-0.4, -0.2) is 45.2 Å². The van der Waals surface area contributed by atoms with Crippen molar-refractivity contribution < 1.29 is 8.42 Å². The van der Waals surface area contributed by atoms with Crippen molar-refractivity contribution in [3.05, 3.63) is 39.0 Å². The van der Waals surface area contributed by atoms with E-state index in [1.807, 2.05) is 18.4 Å². The van der Waals surface area contributed by atoms with Gasteiger partial charge in [-0.2, -0.15) is 4.31 Å². The van der Waals surface area contributed by atoms with E-state index in [-0.39, 0.29) is 9.23 Å². The molecule has 2 heterocycles. The van der Waals surface area contributed by atoms with Gasteiger partial charge >= 0.3 is 0 Å². The van der Waals surface area contributed by atoms with Gasteiger partial charge in [-0.05, 0) is 24.5 Å². The van der Waals surface area contributed by atoms with Gasteiger partial charge in [0.2, 0.25) is 10.0 Å². The van der Waals surface area contributed by atoms with E-state index < -0.39 is 10.0 Å². The Morgan fingerprint density at radius 3 is 2.38 bits per heavy atom. The highest BCUT2D eigenvalue weighted by Crippen LogP contribution is 2.36. The molecule has 2 aromatic rings. The van der Waals surface area contributed by atoms with Crippen molar-refractivity contribution in [3.63, 3.8) is 0 Å². The molecule has 1 aromatic heterocycles. The van der Waals surface area contributed by atoms with Crippen LogP contribution in [0, 0.1) is 0 Å². The fourth-order valence-corrected chi connectivity index (χ4v) is 6.86. The van der Waals surface area contributed by atoms with Gasteiger partial charge in [-0.1, -0.05) is 35.3 Å². The Kier molecular flexibility index (Phi) is 5.68. The van der Waals surface area contributed by atoms with E-state index in [1.165, 1.54) is 15.3 Å². The topological polar surface area (TPSA) is 40.6 Å². The van der Waals surface area contributed by atoms with Crippen molar-refractivity contribution in [2.24, 2.45) is 0 Å². The number of hydrogen-bond acceptors (Lipinski definition) is 5. The molecule has 3 rings (SSSR count). The van der Waals surface area contributed by atoms with Crippen LogP contribution >= 0.6 is 46.3 Å². The zero-order valence-corrected chi connectivity index (χ0v) is 16.9. The largest absolute Gasteiger partial charge is 0.368 e. The number of piperazine rings is 1. The molecular formula is C15H16Cl2N2O2S3. The summed E-state index contributed by atoms with van der Waals surface area (Å²) in [6.07, 6.45) is 2.04. The second-order valence-corrected chi connectivity index (χ2v) is 10.3. The van der Waals surface area contributed by atoms with Crippen LogP contribution in [-0.2, 0) is 10.0 Å². The normalized spacial score (nSPS) is 16.5. The van der Waals surface area contributed by atoms with Crippen LogP contribution in [0.3, 0.4) is 0 Å². The third kappa shape index (κ3) is 3.57. The number of rotatable bonds is 4. The van der Waals surface area contributed by atoms with Crippen LogP contribution < -0.4 is 4.90 Å². The molecule has 9 heteroatoms. The summed E-state index contributed by atoms with van der Waals surface area (Å²) in [5, 5.41) is 0. The zero-order valence-electron chi connectivity index (χ0n) is 12.9. The number of para-hydroxylation sites is 1. The van der Waals surface area contributed by atoms with Crippen LogP contribution in [0.4, 0.5) is 5.69 Å². The highest BCUT2D eigenvalue weighted by molar-refractivity contribution is 7.98. The maximum absolute atomic E-state index is 12.8. The molecule has 0 spiro atoms. The molecule has 0 aliphatic carbocycles. The molecule has 24 heavy (non-hydrogen) atoms. The zero-order chi connectivity index (χ0) is 17.3. The van der Waals surface area contributed by atoms with Gasteiger partial charge in [0.15, 0.2) is 0 Å². The molecule has 1 aliphatic rings. The van der Waals surface area contributed by atoms with Gasteiger partial charge in [0, 0.05) is 31.1 Å². The fourth-order valence-electron chi connectivity index (χ4n) is 2.70. The molecule has 0 radical (unpaired) electrons. The molecule has 0 amide bonds. The number of anilines is 1. The predicted octanol–water partition coefficient (Wildman–Crippen LogP) is 4.29. The Bertz CT molecular complexity index is 831. The molecule has 1 aliphatic heterocycles. The highest BCUT2D eigenvalue weighted by Gasteiger charge is 2.31. The van der Waals surface area contributed by atoms with Gasteiger partial charge in [0.25, 0.3) is 0 Å². The number of nitrogens with zero attached hydrogens (tertiary/aromatic N) is 2. The lowest BCUT2D eigenvalue weighted by Gasteiger charge is -2.36. The first kappa shape index (κ1) is 18.4. The van der Waals surface area contributed by atoms with Crippen molar-refractivity contribution in [3.8, 4) is 0 Å². The Balaban J connectivity index is 1.76. The summed E-state index contributed by atoms with van der Waals surface area (Å²) in [6.45, 7) is 2.14. The van der Waals surface area contributed by atoms with E-state index >= 15 is 0 Å². The third-order valence-corrected chi connectivity index (χ3v) is 8.34. The second-order valence-electron chi connectivity index (χ2n) is 5.25. The minimum Gasteiger partial charge on any atom is -0.368 e. The standard InChI is InChI=1S/C15H16Cl2N2O2S3/c1-22-12-5-3-2-4-11(12)18-6-8-19(9-7-18)24(20,21)13-10-14(16)23-15(13)17/h2-5,10H,6-9H2,1H3. The molecule has 0 unspecified atom stereocenters. The Hall–Kier alpha value is -0.440. The number of thioether (sulfide) groups is 1. The maximum atomic E-state index is 12.8. The van der Waals surface area contributed by atoms with E-state index in [2.05, 4.69) is 17.0 Å². The average Bonchev–Trinajstić information content (AvgIpc) is 2.94. The summed E-state index contributed by atoms with van der Waals surface area (Å²) in [6, 6.07) is 9.60. The molecular weight excluding hydrogens is 407 g/mol. The first-order valence-corrected chi connectivity index (χ1v) is 11.5. The smallest absolute Gasteiger partial charge is 0.245 e. The van der Waals surface area contributed by atoms with E-state index in [0.29, 0.717) is 30.5 Å². The Morgan fingerprint density at radius 2 is 1.79 bits per heavy atom. The summed E-state index contributed by atoms with van der Waals surface area (Å²) in [5.41, 5.74) is 1.15. The lowest BCUT2D eigenvalue weighted by Crippen LogP contribution is -2.48. The van der Waals surface area contributed by atoms with Crippen LogP contribution in [0.25, 0.3) is 0 Å². The lowest BCUT2D eigenvalue weighted by molar-refractivity contribution is 0.384.